The van der Waals surface area contributed by atoms with E-state index in [1.165, 1.54) is 0 Å². The van der Waals surface area contributed by atoms with E-state index in [4.69, 9.17) is 9.47 Å². The average molecular weight is 448 g/mol. The van der Waals surface area contributed by atoms with Crippen molar-refractivity contribution < 1.29 is 22.7 Å². The molecule has 168 valence electrons. The number of anilines is 2. The normalized spacial score (nSPS) is 14.3. The number of hydrogen-bond donors (Lipinski definition) is 0. The van der Waals surface area contributed by atoms with E-state index in [1.807, 2.05) is 31.2 Å². The summed E-state index contributed by atoms with van der Waals surface area (Å²) in [6.45, 7) is 4.48. The molecule has 1 amide bonds. The summed E-state index contributed by atoms with van der Waals surface area (Å²) in [5, 5.41) is 0. The van der Waals surface area contributed by atoms with E-state index in [0.29, 0.717) is 44.2 Å². The predicted molar refractivity (Wildman–Crippen MR) is 122 cm³/mol. The molecule has 2 aromatic carbocycles. The molecule has 2 aromatic rings. The Hall–Kier alpha value is -2.94. The first-order valence-electron chi connectivity index (χ1n) is 10.2. The van der Waals surface area contributed by atoms with Gasteiger partial charge in [-0.2, -0.15) is 0 Å². The molecule has 0 spiro atoms. The Morgan fingerprint density at radius 1 is 1.03 bits per heavy atom. The van der Waals surface area contributed by atoms with Gasteiger partial charge in [-0.3, -0.25) is 9.10 Å². The minimum absolute atomic E-state index is 0.223. The molecule has 0 aromatic heterocycles. The molecule has 9 heteroatoms. The van der Waals surface area contributed by atoms with E-state index < -0.39 is 10.0 Å². The highest BCUT2D eigenvalue weighted by Gasteiger charge is 2.27. The number of carbonyl (C=O) groups is 1. The zero-order chi connectivity index (χ0) is 22.4. The van der Waals surface area contributed by atoms with Crippen LogP contribution in [0.1, 0.15) is 6.92 Å². The highest BCUT2D eigenvalue weighted by atomic mass is 32.2. The first kappa shape index (κ1) is 22.7. The van der Waals surface area contributed by atoms with Crippen molar-refractivity contribution in [2.24, 2.45) is 0 Å². The van der Waals surface area contributed by atoms with Crippen LogP contribution in [0.15, 0.2) is 48.5 Å². The van der Waals surface area contributed by atoms with E-state index in [9.17, 15) is 13.2 Å². The molecule has 1 saturated heterocycles. The number of hydrogen-bond acceptors (Lipinski definition) is 6. The lowest BCUT2D eigenvalue weighted by Crippen LogP contribution is -2.52. The van der Waals surface area contributed by atoms with Crippen LogP contribution in [0, 0.1) is 0 Å². The number of ether oxygens (including phenoxy) is 2. The maximum atomic E-state index is 12.9. The van der Waals surface area contributed by atoms with Gasteiger partial charge in [0.1, 0.15) is 18.0 Å². The topological polar surface area (TPSA) is 79.4 Å². The summed E-state index contributed by atoms with van der Waals surface area (Å²) in [5.41, 5.74) is 1.43. The maximum Gasteiger partial charge on any atom is 0.243 e. The molecule has 0 aliphatic carbocycles. The van der Waals surface area contributed by atoms with E-state index in [1.54, 1.807) is 36.3 Å². The van der Waals surface area contributed by atoms with Crippen LogP contribution in [0.2, 0.25) is 0 Å². The van der Waals surface area contributed by atoms with Crippen molar-refractivity contribution >= 4 is 27.3 Å². The van der Waals surface area contributed by atoms with E-state index >= 15 is 0 Å². The van der Waals surface area contributed by atoms with Crippen molar-refractivity contribution in [3.8, 4) is 11.5 Å². The number of para-hydroxylation sites is 2. The third-order valence-electron chi connectivity index (χ3n) is 5.17. The average Bonchev–Trinajstić information content (AvgIpc) is 2.77. The zero-order valence-corrected chi connectivity index (χ0v) is 19.0. The molecule has 1 heterocycles. The quantitative estimate of drug-likeness (QED) is 0.617. The fraction of sp³-hybridized carbons (Fsp3) is 0.409. The molecule has 1 aliphatic heterocycles. The summed E-state index contributed by atoms with van der Waals surface area (Å²) >= 11 is 0. The molecular formula is C22H29N3O5S. The number of piperazine rings is 1. The summed E-state index contributed by atoms with van der Waals surface area (Å²) < 4.78 is 36.7. The first-order valence-corrected chi connectivity index (χ1v) is 12.0. The maximum absolute atomic E-state index is 12.9. The fourth-order valence-electron chi connectivity index (χ4n) is 3.59. The second-order valence-corrected chi connectivity index (χ2v) is 9.14. The third kappa shape index (κ3) is 5.61. The van der Waals surface area contributed by atoms with Gasteiger partial charge in [0.05, 0.1) is 31.3 Å². The summed E-state index contributed by atoms with van der Waals surface area (Å²) in [4.78, 5) is 16.8. The summed E-state index contributed by atoms with van der Waals surface area (Å²) in [5.74, 6) is 1.22. The standard InChI is InChI=1S/C22H29N3O5S/c1-4-30-19-11-9-18(10-12-19)25(31(3,27)28)17-22(26)24-15-13-23(14-16-24)20-7-5-6-8-21(20)29-2/h5-12H,4,13-17H2,1-3H3. The van der Waals surface area contributed by atoms with E-state index in [-0.39, 0.29) is 12.5 Å². The molecule has 1 fully saturated rings. The molecule has 0 N–H and O–H groups in total. The Labute approximate surface area is 184 Å². The van der Waals surface area contributed by atoms with Gasteiger partial charge in [-0.1, -0.05) is 12.1 Å². The van der Waals surface area contributed by atoms with Crippen molar-refractivity contribution in [2.45, 2.75) is 6.92 Å². The van der Waals surface area contributed by atoms with Gasteiger partial charge < -0.3 is 19.3 Å². The second-order valence-electron chi connectivity index (χ2n) is 7.24. The Morgan fingerprint density at radius 2 is 1.68 bits per heavy atom. The Kier molecular flexibility index (Phi) is 7.27. The van der Waals surface area contributed by atoms with Gasteiger partial charge in [-0.15, -0.1) is 0 Å². The SMILES string of the molecule is CCOc1ccc(N(CC(=O)N2CCN(c3ccccc3OC)CC2)S(C)(=O)=O)cc1. The molecule has 0 atom stereocenters. The number of carbonyl (C=O) groups excluding carboxylic acids is 1. The molecule has 0 saturated carbocycles. The lowest BCUT2D eigenvalue weighted by molar-refractivity contribution is -0.129. The lowest BCUT2D eigenvalue weighted by atomic mass is 10.2. The van der Waals surface area contributed by atoms with Crippen molar-refractivity contribution in [3.05, 3.63) is 48.5 Å². The summed E-state index contributed by atoms with van der Waals surface area (Å²) in [7, 11) is -1.98. The Balaban J connectivity index is 1.66. The van der Waals surface area contributed by atoms with E-state index in [2.05, 4.69) is 4.90 Å². The largest absolute Gasteiger partial charge is 0.495 e. The monoisotopic (exact) mass is 447 g/mol. The number of amides is 1. The highest BCUT2D eigenvalue weighted by Crippen LogP contribution is 2.28. The van der Waals surface area contributed by atoms with Gasteiger partial charge >= 0.3 is 0 Å². The predicted octanol–water partition coefficient (Wildman–Crippen LogP) is 2.21. The molecule has 0 unspecified atom stereocenters. The number of methoxy groups -OCH3 is 1. The number of benzene rings is 2. The van der Waals surface area contributed by atoms with Gasteiger partial charge in [-0.25, -0.2) is 8.42 Å². The minimum atomic E-state index is -3.62. The molecule has 1 aliphatic rings. The number of rotatable bonds is 8. The number of nitrogens with zero attached hydrogens (tertiary/aromatic N) is 3. The van der Waals surface area contributed by atoms with Crippen molar-refractivity contribution in [1.82, 2.24) is 4.90 Å². The minimum Gasteiger partial charge on any atom is -0.495 e. The molecule has 0 radical (unpaired) electrons. The van der Waals surface area contributed by atoms with Crippen LogP contribution in [0.5, 0.6) is 11.5 Å². The van der Waals surface area contributed by atoms with Crippen molar-refractivity contribution in [1.29, 1.82) is 0 Å². The van der Waals surface area contributed by atoms with Crippen molar-refractivity contribution in [2.75, 3.05) is 61.9 Å². The second kappa shape index (κ2) is 9.91. The van der Waals surface area contributed by atoms with Crippen LogP contribution < -0.4 is 18.7 Å². The van der Waals surface area contributed by atoms with Crippen LogP contribution in [0.4, 0.5) is 11.4 Å². The summed E-state index contributed by atoms with van der Waals surface area (Å²) in [6, 6.07) is 14.5. The third-order valence-corrected chi connectivity index (χ3v) is 6.31. The molecule has 0 bridgehead atoms. The van der Waals surface area contributed by atoms with Gasteiger partial charge in [0.15, 0.2) is 0 Å². The first-order chi connectivity index (χ1) is 14.8. The number of sulfonamides is 1. The van der Waals surface area contributed by atoms with Crippen LogP contribution in [0.3, 0.4) is 0 Å². The Morgan fingerprint density at radius 3 is 2.26 bits per heavy atom. The molecule has 31 heavy (non-hydrogen) atoms. The molecule has 3 rings (SSSR count). The Bertz CT molecular complexity index is 986. The van der Waals surface area contributed by atoms with Crippen LogP contribution in [0.25, 0.3) is 0 Å². The smallest absolute Gasteiger partial charge is 0.243 e. The lowest BCUT2D eigenvalue weighted by Gasteiger charge is -2.37. The van der Waals surface area contributed by atoms with Gasteiger partial charge in [0, 0.05) is 26.2 Å². The highest BCUT2D eigenvalue weighted by molar-refractivity contribution is 7.92. The fourth-order valence-corrected chi connectivity index (χ4v) is 4.44. The van der Waals surface area contributed by atoms with Crippen LogP contribution >= 0.6 is 0 Å². The van der Waals surface area contributed by atoms with Crippen LogP contribution in [-0.2, 0) is 14.8 Å². The van der Waals surface area contributed by atoms with Gasteiger partial charge in [-0.05, 0) is 43.3 Å². The summed E-state index contributed by atoms with van der Waals surface area (Å²) in [6.07, 6.45) is 1.11. The van der Waals surface area contributed by atoms with Gasteiger partial charge in [0.2, 0.25) is 15.9 Å². The molecule has 8 nitrogen and oxygen atoms in total. The molecular weight excluding hydrogens is 418 g/mol. The van der Waals surface area contributed by atoms with E-state index in [0.717, 1.165) is 22.0 Å². The van der Waals surface area contributed by atoms with Crippen molar-refractivity contribution in [3.63, 3.8) is 0 Å². The van der Waals surface area contributed by atoms with Gasteiger partial charge in [0.25, 0.3) is 0 Å². The van der Waals surface area contributed by atoms with Crippen LogP contribution in [-0.4, -0.2) is 71.9 Å². The zero-order valence-electron chi connectivity index (χ0n) is 18.2.